The molecule has 0 saturated carbocycles. The average molecular weight is 171 g/mol. The Balaban J connectivity index is 3.84. The molecule has 0 spiro atoms. The minimum atomic E-state index is -0.863. The molecule has 0 rings (SSSR count). The van der Waals surface area contributed by atoms with Gasteiger partial charge in [-0.2, -0.15) is 0 Å². The third-order valence-corrected chi connectivity index (χ3v) is 8.36. The van der Waals surface area contributed by atoms with E-state index in [1.807, 2.05) is 0 Å². The number of unbranched alkanes of at least 4 members (excludes halogenated alkanes) is 1. The molecule has 0 heterocycles. The van der Waals surface area contributed by atoms with Crippen molar-refractivity contribution in [2.45, 2.75) is 58.7 Å². The van der Waals surface area contributed by atoms with Gasteiger partial charge in [0.2, 0.25) is 0 Å². The van der Waals surface area contributed by atoms with E-state index in [4.69, 9.17) is 0 Å². The third kappa shape index (κ3) is 3.41. The first-order chi connectivity index (χ1) is 5.24. The quantitative estimate of drug-likeness (QED) is 0.529. The van der Waals surface area contributed by atoms with Gasteiger partial charge in [0.05, 0.1) is 8.07 Å². The standard InChI is InChI=1S/C10H23Si/c1-5-9-10-11(6-2,7-3)8-4/h10H,5-9H2,1-4H3. The van der Waals surface area contributed by atoms with E-state index in [2.05, 4.69) is 33.7 Å². The van der Waals surface area contributed by atoms with Crippen molar-refractivity contribution in [3.8, 4) is 0 Å². The second-order valence-electron chi connectivity index (χ2n) is 3.42. The Morgan fingerprint density at radius 3 is 1.64 bits per heavy atom. The smallest absolute Gasteiger partial charge is 0.0558 e. The van der Waals surface area contributed by atoms with Crippen LogP contribution in [0.2, 0.25) is 18.1 Å². The molecule has 0 aliphatic heterocycles. The third-order valence-electron chi connectivity index (χ3n) is 2.98. The van der Waals surface area contributed by atoms with Crippen LogP contribution in [0.5, 0.6) is 0 Å². The van der Waals surface area contributed by atoms with Gasteiger partial charge < -0.3 is 0 Å². The molecule has 1 heteroatoms. The maximum atomic E-state index is 2.67. The molecule has 1 radical (unpaired) electrons. The molecule has 0 aliphatic carbocycles. The summed E-state index contributed by atoms with van der Waals surface area (Å²) < 4.78 is 0. The van der Waals surface area contributed by atoms with Gasteiger partial charge >= 0.3 is 0 Å². The minimum absolute atomic E-state index is 0.863. The summed E-state index contributed by atoms with van der Waals surface area (Å²) in [4.78, 5) is 0. The Bertz CT molecular complexity index is 76.6. The fraction of sp³-hybridized carbons (Fsp3) is 0.900. The van der Waals surface area contributed by atoms with E-state index in [-0.39, 0.29) is 0 Å². The fourth-order valence-corrected chi connectivity index (χ4v) is 4.90. The van der Waals surface area contributed by atoms with Gasteiger partial charge in [-0.05, 0) is 6.04 Å². The van der Waals surface area contributed by atoms with Crippen molar-refractivity contribution >= 4 is 8.07 Å². The second-order valence-corrected chi connectivity index (χ2v) is 8.67. The van der Waals surface area contributed by atoms with Crippen LogP contribution in [0.25, 0.3) is 0 Å². The van der Waals surface area contributed by atoms with Crippen molar-refractivity contribution in [2.24, 2.45) is 0 Å². The van der Waals surface area contributed by atoms with Gasteiger partial charge in [0.1, 0.15) is 0 Å². The van der Waals surface area contributed by atoms with Crippen LogP contribution in [-0.4, -0.2) is 8.07 Å². The molecule has 0 N–H and O–H groups in total. The Morgan fingerprint density at radius 2 is 1.36 bits per heavy atom. The van der Waals surface area contributed by atoms with Crippen LogP contribution in [0.3, 0.4) is 0 Å². The van der Waals surface area contributed by atoms with E-state index in [0.29, 0.717) is 0 Å². The van der Waals surface area contributed by atoms with Crippen molar-refractivity contribution < 1.29 is 0 Å². The fourth-order valence-electron chi connectivity index (χ4n) is 1.63. The molecular weight excluding hydrogens is 148 g/mol. The molecule has 0 aromatic rings. The highest BCUT2D eigenvalue weighted by molar-refractivity contribution is 6.82. The van der Waals surface area contributed by atoms with Gasteiger partial charge in [-0.15, -0.1) is 0 Å². The van der Waals surface area contributed by atoms with Gasteiger partial charge in [-0.3, -0.25) is 0 Å². The van der Waals surface area contributed by atoms with Crippen LogP contribution in [-0.2, 0) is 0 Å². The van der Waals surface area contributed by atoms with Crippen molar-refractivity contribution in [1.82, 2.24) is 0 Å². The molecular formula is C10H23Si. The van der Waals surface area contributed by atoms with Crippen molar-refractivity contribution in [3.63, 3.8) is 0 Å². The first-order valence-electron chi connectivity index (χ1n) is 5.09. The number of hydrogen-bond donors (Lipinski definition) is 0. The lowest BCUT2D eigenvalue weighted by Gasteiger charge is -2.27. The summed E-state index contributed by atoms with van der Waals surface area (Å²) in [6.07, 6.45) is 2.68. The summed E-state index contributed by atoms with van der Waals surface area (Å²) in [5, 5.41) is 0. The highest BCUT2D eigenvalue weighted by atomic mass is 28.3. The van der Waals surface area contributed by atoms with Crippen LogP contribution in [0.1, 0.15) is 40.5 Å². The lowest BCUT2D eigenvalue weighted by molar-refractivity contribution is 0.920. The Kier molecular flexibility index (Phi) is 5.93. The summed E-state index contributed by atoms with van der Waals surface area (Å²) in [6.45, 7) is 9.37. The average Bonchev–Trinajstić information content (AvgIpc) is 2.08. The molecule has 0 aliphatic rings. The van der Waals surface area contributed by atoms with E-state index in [1.54, 1.807) is 0 Å². The van der Waals surface area contributed by atoms with Crippen LogP contribution in [0, 0.1) is 6.04 Å². The first kappa shape index (κ1) is 11.2. The topological polar surface area (TPSA) is 0 Å². The zero-order valence-corrected chi connectivity index (χ0v) is 9.61. The van der Waals surface area contributed by atoms with Crippen molar-refractivity contribution in [2.75, 3.05) is 0 Å². The molecule has 0 fully saturated rings. The van der Waals surface area contributed by atoms with Crippen molar-refractivity contribution in [3.05, 3.63) is 6.04 Å². The normalized spacial score (nSPS) is 12.0. The summed E-state index contributed by atoms with van der Waals surface area (Å²) in [5.41, 5.74) is 0. The van der Waals surface area contributed by atoms with Gasteiger partial charge in [0, 0.05) is 0 Å². The first-order valence-corrected chi connectivity index (χ1v) is 7.78. The minimum Gasteiger partial charge on any atom is -0.0678 e. The van der Waals surface area contributed by atoms with Crippen LogP contribution >= 0.6 is 0 Å². The highest BCUT2D eigenvalue weighted by Gasteiger charge is 2.25. The van der Waals surface area contributed by atoms with Gasteiger partial charge in [0.15, 0.2) is 0 Å². The molecule has 0 bridgehead atoms. The zero-order chi connectivity index (χ0) is 8.74. The molecule has 0 atom stereocenters. The monoisotopic (exact) mass is 171 g/mol. The van der Waals surface area contributed by atoms with Crippen LogP contribution in [0.15, 0.2) is 0 Å². The van der Waals surface area contributed by atoms with Crippen LogP contribution in [0.4, 0.5) is 0 Å². The Labute approximate surface area is 73.4 Å². The highest BCUT2D eigenvalue weighted by Crippen LogP contribution is 2.24. The molecule has 0 unspecified atom stereocenters. The van der Waals surface area contributed by atoms with E-state index < -0.39 is 8.07 Å². The van der Waals surface area contributed by atoms with E-state index in [9.17, 15) is 0 Å². The van der Waals surface area contributed by atoms with E-state index in [1.165, 1.54) is 31.0 Å². The molecule has 0 amide bonds. The summed E-state index contributed by atoms with van der Waals surface area (Å²) in [7, 11) is -0.863. The second kappa shape index (κ2) is 5.82. The molecule has 0 aromatic heterocycles. The van der Waals surface area contributed by atoms with Crippen molar-refractivity contribution in [1.29, 1.82) is 0 Å². The predicted octanol–water partition coefficient (Wildman–Crippen LogP) is 4.04. The van der Waals surface area contributed by atoms with E-state index >= 15 is 0 Å². The van der Waals surface area contributed by atoms with Gasteiger partial charge in [-0.1, -0.05) is 58.7 Å². The predicted molar refractivity (Wildman–Crippen MR) is 56.4 cm³/mol. The maximum absolute atomic E-state index is 2.67. The summed E-state index contributed by atoms with van der Waals surface area (Å²) in [5.74, 6) is 0. The summed E-state index contributed by atoms with van der Waals surface area (Å²) >= 11 is 0. The Morgan fingerprint density at radius 1 is 0.909 bits per heavy atom. The maximum Gasteiger partial charge on any atom is 0.0558 e. The SMILES string of the molecule is CCC[CH][Si](CC)(CC)CC. The zero-order valence-electron chi connectivity index (χ0n) is 8.61. The number of hydrogen-bond acceptors (Lipinski definition) is 0. The Hall–Kier alpha value is 0.217. The molecule has 11 heavy (non-hydrogen) atoms. The molecule has 0 saturated heterocycles. The lowest BCUT2D eigenvalue weighted by atomic mass is 10.4. The van der Waals surface area contributed by atoms with Crippen LogP contribution < -0.4 is 0 Å². The molecule has 67 valence electrons. The number of rotatable bonds is 6. The molecule has 0 nitrogen and oxygen atoms in total. The van der Waals surface area contributed by atoms with E-state index in [0.717, 1.165) is 0 Å². The summed E-state index contributed by atoms with van der Waals surface area (Å²) in [6, 6.07) is 7.01. The molecule has 0 aromatic carbocycles. The van der Waals surface area contributed by atoms with Gasteiger partial charge in [0.25, 0.3) is 0 Å². The lowest BCUT2D eigenvalue weighted by Crippen LogP contribution is -2.32. The van der Waals surface area contributed by atoms with Gasteiger partial charge in [-0.25, -0.2) is 0 Å². The largest absolute Gasteiger partial charge is 0.0678 e.